The fourth-order valence-corrected chi connectivity index (χ4v) is 6.97. The fourth-order valence-electron chi connectivity index (χ4n) is 6.97. The smallest absolute Gasteiger partial charge is 0.263 e. The molecule has 0 fully saturated rings. The van der Waals surface area contributed by atoms with Gasteiger partial charge in [-0.05, 0) is 77.2 Å². The van der Waals surface area contributed by atoms with Crippen LogP contribution in [0.2, 0.25) is 0 Å². The Balaban J connectivity index is 1.30. The Labute approximate surface area is 279 Å². The summed E-state index contributed by atoms with van der Waals surface area (Å²) >= 11 is 0. The van der Waals surface area contributed by atoms with Gasteiger partial charge in [-0.3, -0.25) is 14.7 Å². The Hall–Kier alpha value is -6.04. The molecule has 0 spiro atoms. The van der Waals surface area contributed by atoms with Gasteiger partial charge in [-0.15, -0.1) is 0 Å². The number of rotatable bonds is 6. The van der Waals surface area contributed by atoms with E-state index in [1.165, 1.54) is 0 Å². The Kier molecular flexibility index (Phi) is 7.32. The van der Waals surface area contributed by atoms with Crippen molar-refractivity contribution in [2.24, 2.45) is 4.99 Å². The highest BCUT2D eigenvalue weighted by Crippen LogP contribution is 2.45. The average molecular weight is 624 g/mol. The van der Waals surface area contributed by atoms with Gasteiger partial charge < -0.3 is 9.67 Å². The number of nitrogens with zero attached hydrogens (tertiary/aromatic N) is 3. The highest BCUT2D eigenvalue weighted by Gasteiger charge is 2.40. The van der Waals surface area contributed by atoms with Gasteiger partial charge >= 0.3 is 0 Å². The summed E-state index contributed by atoms with van der Waals surface area (Å²) in [6, 6.07) is 46.8. The van der Waals surface area contributed by atoms with E-state index in [0.717, 1.165) is 60.9 Å². The largest absolute Gasteiger partial charge is 0.369 e. The van der Waals surface area contributed by atoms with Crippen LogP contribution in [0.25, 0.3) is 55.3 Å². The number of aromatic nitrogens is 1. The first-order valence-electron chi connectivity index (χ1n) is 16.1. The molecule has 1 atom stereocenters. The molecule has 1 N–H and O–H groups in total. The predicted octanol–water partition coefficient (Wildman–Crippen LogP) is 9.87. The summed E-state index contributed by atoms with van der Waals surface area (Å²) in [4.78, 5) is 20.4. The minimum atomic E-state index is -1.15. The second-order valence-corrected chi connectivity index (χ2v) is 12.1. The van der Waals surface area contributed by atoms with Crippen LogP contribution < -0.4 is 4.90 Å². The number of allylic oxidation sites excluding steroid dienone is 2. The number of hydrogen-bond acceptors (Lipinski definition) is 3. The molecule has 2 heterocycles. The van der Waals surface area contributed by atoms with Crippen molar-refractivity contribution in [1.82, 2.24) is 4.57 Å². The molecule has 1 aliphatic rings. The van der Waals surface area contributed by atoms with Crippen molar-refractivity contribution >= 4 is 45.2 Å². The second kappa shape index (κ2) is 12.0. The number of carbonyl (C=O) groups excluding carboxylic acids is 1. The maximum Gasteiger partial charge on any atom is 0.263 e. The van der Waals surface area contributed by atoms with E-state index < -0.39 is 6.23 Å². The zero-order chi connectivity index (χ0) is 32.8. The molecule has 1 aliphatic heterocycles. The molecule has 5 nitrogen and oxygen atoms in total. The van der Waals surface area contributed by atoms with E-state index in [0.29, 0.717) is 16.8 Å². The summed E-state index contributed by atoms with van der Waals surface area (Å²) in [5, 5.41) is 14.1. The topological polar surface area (TPSA) is 57.8 Å². The molecule has 5 heteroatoms. The van der Waals surface area contributed by atoms with E-state index in [4.69, 9.17) is 0 Å². The van der Waals surface area contributed by atoms with Gasteiger partial charge in [0, 0.05) is 35.2 Å². The van der Waals surface area contributed by atoms with Crippen LogP contribution in [-0.2, 0) is 0 Å². The molecule has 7 aromatic rings. The summed E-state index contributed by atoms with van der Waals surface area (Å²) < 4.78 is 2.16. The molecular weight excluding hydrogens is 590 g/mol. The van der Waals surface area contributed by atoms with Gasteiger partial charge in [0.15, 0.2) is 6.23 Å². The lowest BCUT2D eigenvalue weighted by atomic mass is 9.96. The first-order chi connectivity index (χ1) is 23.5. The number of amides is 1. The zero-order valence-electron chi connectivity index (χ0n) is 26.7. The molecule has 0 radical (unpaired) electrons. The van der Waals surface area contributed by atoms with Gasteiger partial charge in [-0.1, -0.05) is 103 Å². The molecule has 1 aromatic heterocycles. The summed E-state index contributed by atoms with van der Waals surface area (Å²) in [5.41, 5.74) is 10.6. The van der Waals surface area contributed by atoms with Crippen LogP contribution >= 0.6 is 0 Å². The van der Waals surface area contributed by atoms with Crippen LogP contribution in [0.4, 0.5) is 5.69 Å². The number of aliphatic imine (C=N–C) groups is 1. The van der Waals surface area contributed by atoms with Crippen LogP contribution in [0.15, 0.2) is 151 Å². The van der Waals surface area contributed by atoms with Crippen molar-refractivity contribution in [3.63, 3.8) is 0 Å². The monoisotopic (exact) mass is 623 g/mol. The average Bonchev–Trinajstić information content (AvgIpc) is 3.61. The molecular formula is C43H33N3O2. The van der Waals surface area contributed by atoms with Gasteiger partial charge in [0.25, 0.3) is 5.91 Å². The Morgan fingerprint density at radius 1 is 0.688 bits per heavy atom. The minimum Gasteiger partial charge on any atom is -0.369 e. The molecule has 0 aliphatic carbocycles. The lowest BCUT2D eigenvalue weighted by Gasteiger charge is -2.25. The van der Waals surface area contributed by atoms with E-state index in [-0.39, 0.29) is 5.91 Å². The molecule has 6 aromatic carbocycles. The summed E-state index contributed by atoms with van der Waals surface area (Å²) in [7, 11) is 1.76. The lowest BCUT2D eigenvalue weighted by molar-refractivity contribution is 0.0935. The van der Waals surface area contributed by atoms with Crippen molar-refractivity contribution < 1.29 is 9.90 Å². The van der Waals surface area contributed by atoms with Crippen molar-refractivity contribution in [1.29, 1.82) is 0 Å². The first kappa shape index (κ1) is 29.4. The van der Waals surface area contributed by atoms with E-state index in [2.05, 4.69) is 65.0 Å². The highest BCUT2D eigenvalue weighted by molar-refractivity contribution is 6.17. The Morgan fingerprint density at radius 3 is 2.17 bits per heavy atom. The van der Waals surface area contributed by atoms with E-state index >= 15 is 0 Å². The van der Waals surface area contributed by atoms with Crippen molar-refractivity contribution in [2.45, 2.75) is 13.2 Å². The van der Waals surface area contributed by atoms with E-state index in [1.807, 2.05) is 97.1 Å². The molecule has 0 bridgehead atoms. The molecule has 1 amide bonds. The minimum absolute atomic E-state index is 0.238. The molecule has 0 saturated heterocycles. The summed E-state index contributed by atoms with van der Waals surface area (Å²) in [5.74, 6) is -0.238. The number of benzene rings is 6. The van der Waals surface area contributed by atoms with Crippen molar-refractivity contribution in [3.05, 3.63) is 162 Å². The quantitative estimate of drug-likeness (QED) is 0.188. The van der Waals surface area contributed by atoms with Crippen LogP contribution in [0.1, 0.15) is 34.6 Å². The van der Waals surface area contributed by atoms with Gasteiger partial charge in [0.1, 0.15) is 0 Å². The number of aliphatic hydroxyl groups is 1. The number of aliphatic hydroxyl groups excluding tert-OH is 1. The van der Waals surface area contributed by atoms with E-state index in [9.17, 15) is 9.90 Å². The van der Waals surface area contributed by atoms with Gasteiger partial charge in [0.05, 0.1) is 28.0 Å². The van der Waals surface area contributed by atoms with Crippen molar-refractivity contribution in [3.8, 4) is 27.9 Å². The van der Waals surface area contributed by atoms with Crippen LogP contribution in [0.3, 0.4) is 0 Å². The summed E-state index contributed by atoms with van der Waals surface area (Å²) in [6.45, 7) is 2.08. The second-order valence-electron chi connectivity index (χ2n) is 12.1. The Bertz CT molecular complexity index is 2400. The zero-order valence-corrected chi connectivity index (χ0v) is 26.7. The predicted molar refractivity (Wildman–Crippen MR) is 198 cm³/mol. The fraction of sp³-hybridized carbons (Fsp3) is 0.0698. The highest BCUT2D eigenvalue weighted by atomic mass is 16.3. The maximum atomic E-state index is 14.7. The van der Waals surface area contributed by atoms with Crippen molar-refractivity contribution in [2.75, 3.05) is 11.9 Å². The normalized spacial score (nSPS) is 14.8. The van der Waals surface area contributed by atoms with Crippen LogP contribution in [0, 0.1) is 0 Å². The molecule has 0 saturated carbocycles. The number of hydrogen-bond donors (Lipinski definition) is 1. The van der Waals surface area contributed by atoms with Crippen LogP contribution in [-0.4, -0.2) is 28.8 Å². The molecule has 1 unspecified atom stereocenters. The third kappa shape index (κ3) is 4.75. The molecule has 48 heavy (non-hydrogen) atoms. The third-order valence-corrected chi connectivity index (χ3v) is 9.32. The number of carbonyl (C=O) groups is 1. The number of fused-ring (bicyclic) bond motifs is 4. The van der Waals surface area contributed by atoms with Gasteiger partial charge in [-0.2, -0.15) is 0 Å². The van der Waals surface area contributed by atoms with Gasteiger partial charge in [-0.25, -0.2) is 0 Å². The maximum absolute atomic E-state index is 14.7. The van der Waals surface area contributed by atoms with Crippen LogP contribution in [0.5, 0.6) is 0 Å². The first-order valence-corrected chi connectivity index (χ1v) is 16.1. The number of para-hydroxylation sites is 1. The molecule has 8 rings (SSSR count). The third-order valence-electron chi connectivity index (χ3n) is 9.32. The van der Waals surface area contributed by atoms with Gasteiger partial charge in [0.2, 0.25) is 0 Å². The van der Waals surface area contributed by atoms with E-state index in [1.54, 1.807) is 18.2 Å². The Morgan fingerprint density at radius 2 is 1.40 bits per heavy atom. The standard InChI is InChI=1S/C43H33N3O2/c1-28(24-25-44-2)31-20-22-39-36(26-31)33-16-9-10-18-37(33)45(39)40-19-11-17-34-41(40)43(48)46(42(34)47)38-23-21-32(29-12-5-3-6-13-29)27-35(38)30-14-7-4-8-15-30/h3-27,42,47H,1-2H3/b28-24+,44-25-. The SMILES string of the molecule is C/N=C\C=C(/C)c1ccc2c(c1)c1ccccc1n2-c1cccc2c1C(=O)N(c1ccc(-c3ccccc3)cc1-c1ccccc1)C2O. The molecule has 232 valence electrons. The summed E-state index contributed by atoms with van der Waals surface area (Å²) in [6.07, 6.45) is 2.66. The number of anilines is 1. The lowest BCUT2D eigenvalue weighted by Crippen LogP contribution is -2.28.